The highest BCUT2D eigenvalue weighted by molar-refractivity contribution is 5.77. The van der Waals surface area contributed by atoms with E-state index in [1.807, 2.05) is 23.1 Å². The van der Waals surface area contributed by atoms with Crippen molar-refractivity contribution in [3.05, 3.63) is 65.7 Å². The number of nitrogens with two attached hydrogens (primary N) is 1. The maximum atomic E-state index is 13.3. The fraction of sp³-hybridized carbons (Fsp3) is 0.478. The second kappa shape index (κ2) is 9.78. The van der Waals surface area contributed by atoms with Crippen molar-refractivity contribution in [1.29, 1.82) is 0 Å². The van der Waals surface area contributed by atoms with Gasteiger partial charge in [0, 0.05) is 37.8 Å². The van der Waals surface area contributed by atoms with Gasteiger partial charge in [0.1, 0.15) is 5.82 Å². The summed E-state index contributed by atoms with van der Waals surface area (Å²) in [6.45, 7) is 1.63. The molecule has 1 aromatic heterocycles. The molecule has 3 rings (SSSR count). The Hall–Kier alpha value is -2.27. The minimum atomic E-state index is -0.264. The summed E-state index contributed by atoms with van der Waals surface area (Å²) in [4.78, 5) is 19.5. The van der Waals surface area contributed by atoms with Crippen molar-refractivity contribution < 1.29 is 9.18 Å². The Morgan fingerprint density at radius 2 is 1.86 bits per heavy atom. The van der Waals surface area contributed by atoms with Crippen LogP contribution in [0.4, 0.5) is 4.39 Å². The van der Waals surface area contributed by atoms with Crippen molar-refractivity contribution in [2.24, 2.45) is 11.1 Å². The van der Waals surface area contributed by atoms with E-state index in [2.05, 4.69) is 4.98 Å². The summed E-state index contributed by atoms with van der Waals surface area (Å²) in [6.07, 6.45) is 8.55. The fourth-order valence-electron chi connectivity index (χ4n) is 4.09. The van der Waals surface area contributed by atoms with Crippen LogP contribution in [0.1, 0.15) is 49.8 Å². The van der Waals surface area contributed by atoms with Crippen LogP contribution in [0, 0.1) is 11.2 Å². The highest BCUT2D eigenvalue weighted by atomic mass is 19.1. The van der Waals surface area contributed by atoms with E-state index in [1.165, 1.54) is 18.6 Å². The van der Waals surface area contributed by atoms with Crippen LogP contribution in [0.25, 0.3) is 0 Å². The molecule has 2 aromatic rings. The number of pyridine rings is 1. The molecule has 0 saturated heterocycles. The van der Waals surface area contributed by atoms with Gasteiger partial charge in [0.15, 0.2) is 0 Å². The first-order valence-electron chi connectivity index (χ1n) is 10.2. The molecule has 1 aliphatic rings. The van der Waals surface area contributed by atoms with Crippen LogP contribution in [0.5, 0.6) is 0 Å². The van der Waals surface area contributed by atoms with E-state index in [0.29, 0.717) is 32.5 Å². The van der Waals surface area contributed by atoms with Crippen LogP contribution >= 0.6 is 0 Å². The first-order valence-corrected chi connectivity index (χ1v) is 10.2. The van der Waals surface area contributed by atoms with Gasteiger partial charge in [0.2, 0.25) is 5.91 Å². The molecule has 1 heterocycles. The molecule has 0 unspecified atom stereocenters. The first-order chi connectivity index (χ1) is 13.6. The lowest BCUT2D eigenvalue weighted by molar-refractivity contribution is -0.134. The quantitative estimate of drug-likeness (QED) is 0.747. The topological polar surface area (TPSA) is 59.2 Å². The van der Waals surface area contributed by atoms with Crippen LogP contribution < -0.4 is 5.73 Å². The summed E-state index contributed by atoms with van der Waals surface area (Å²) in [5, 5.41) is 0. The number of carbonyl (C=O) groups is 1. The van der Waals surface area contributed by atoms with Gasteiger partial charge in [-0.1, -0.05) is 37.5 Å². The number of hydrogen-bond donors (Lipinski definition) is 1. The molecule has 28 heavy (non-hydrogen) atoms. The Balaban J connectivity index is 1.71. The molecular formula is C23H30FN3O. The van der Waals surface area contributed by atoms with Crippen molar-refractivity contribution in [2.45, 2.75) is 51.5 Å². The highest BCUT2D eigenvalue weighted by Gasteiger charge is 2.34. The zero-order valence-electron chi connectivity index (χ0n) is 16.4. The van der Waals surface area contributed by atoms with Crippen LogP contribution in [0.3, 0.4) is 0 Å². The van der Waals surface area contributed by atoms with Gasteiger partial charge < -0.3 is 10.6 Å². The predicted molar refractivity (Wildman–Crippen MR) is 109 cm³/mol. The van der Waals surface area contributed by atoms with Crippen LogP contribution in [-0.2, 0) is 17.8 Å². The molecule has 1 aliphatic carbocycles. The molecule has 150 valence electrons. The number of amides is 1. The fourth-order valence-corrected chi connectivity index (χ4v) is 4.09. The summed E-state index contributed by atoms with van der Waals surface area (Å²) in [7, 11) is 0. The standard InChI is InChI=1S/C23H30FN3O/c24-20-9-7-19(8-10-20)17-27(15-11-21-6-2-5-14-26-21)22(28)16-23(18-25)12-3-1-4-13-23/h2,5-10,14H,1,3-4,11-13,15-18,25H2. The number of carbonyl (C=O) groups excluding carboxylic acids is 1. The minimum Gasteiger partial charge on any atom is -0.338 e. The number of halogens is 1. The molecule has 0 spiro atoms. The lowest BCUT2D eigenvalue weighted by atomic mass is 9.71. The molecule has 1 amide bonds. The van der Waals surface area contributed by atoms with E-state index in [1.54, 1.807) is 18.3 Å². The zero-order valence-corrected chi connectivity index (χ0v) is 16.4. The van der Waals surface area contributed by atoms with Gasteiger partial charge >= 0.3 is 0 Å². The molecule has 2 N–H and O–H groups in total. The Morgan fingerprint density at radius 1 is 1.11 bits per heavy atom. The molecule has 4 nitrogen and oxygen atoms in total. The number of rotatable bonds is 8. The van der Waals surface area contributed by atoms with E-state index < -0.39 is 0 Å². The number of aromatic nitrogens is 1. The van der Waals surface area contributed by atoms with E-state index >= 15 is 0 Å². The summed E-state index contributed by atoms with van der Waals surface area (Å²) < 4.78 is 13.3. The molecule has 1 aromatic carbocycles. The smallest absolute Gasteiger partial charge is 0.223 e. The number of nitrogens with zero attached hydrogens (tertiary/aromatic N) is 2. The summed E-state index contributed by atoms with van der Waals surface area (Å²) in [5.41, 5.74) is 7.93. The van der Waals surface area contributed by atoms with Gasteiger partial charge in [-0.15, -0.1) is 0 Å². The third kappa shape index (κ3) is 5.61. The Kier molecular flexibility index (Phi) is 7.15. The maximum Gasteiger partial charge on any atom is 0.223 e. The largest absolute Gasteiger partial charge is 0.338 e. The molecule has 1 saturated carbocycles. The summed E-state index contributed by atoms with van der Waals surface area (Å²) in [5.74, 6) is -0.132. The van der Waals surface area contributed by atoms with Crippen molar-refractivity contribution in [3.8, 4) is 0 Å². The minimum absolute atomic E-state index is 0.0681. The number of benzene rings is 1. The molecular weight excluding hydrogens is 353 g/mol. The molecule has 0 aliphatic heterocycles. The van der Waals surface area contributed by atoms with Crippen molar-refractivity contribution in [3.63, 3.8) is 0 Å². The van der Waals surface area contributed by atoms with Crippen LogP contribution in [0.2, 0.25) is 0 Å². The Morgan fingerprint density at radius 3 is 2.50 bits per heavy atom. The predicted octanol–water partition coefficient (Wildman–Crippen LogP) is 4.09. The van der Waals surface area contributed by atoms with E-state index in [0.717, 1.165) is 36.9 Å². The first kappa shape index (κ1) is 20.5. The average molecular weight is 384 g/mol. The second-order valence-corrected chi connectivity index (χ2v) is 7.95. The molecule has 1 fully saturated rings. The van der Waals surface area contributed by atoms with Gasteiger partial charge in [-0.25, -0.2) is 4.39 Å². The van der Waals surface area contributed by atoms with Gasteiger partial charge in [0.05, 0.1) is 0 Å². The molecule has 0 bridgehead atoms. The Bertz CT molecular complexity index is 742. The average Bonchev–Trinajstić information content (AvgIpc) is 2.74. The lowest BCUT2D eigenvalue weighted by Gasteiger charge is -2.37. The SMILES string of the molecule is NCC1(CC(=O)N(CCc2ccccn2)Cc2ccc(F)cc2)CCCCC1. The van der Waals surface area contributed by atoms with Gasteiger partial charge in [-0.2, -0.15) is 0 Å². The monoisotopic (exact) mass is 383 g/mol. The zero-order chi connectivity index (χ0) is 19.8. The summed E-state index contributed by atoms with van der Waals surface area (Å²) >= 11 is 0. The number of hydrogen-bond acceptors (Lipinski definition) is 3. The third-order valence-corrected chi connectivity index (χ3v) is 5.88. The molecule has 0 atom stereocenters. The normalized spacial score (nSPS) is 15.9. The van der Waals surface area contributed by atoms with Gasteiger partial charge in [-0.3, -0.25) is 9.78 Å². The van der Waals surface area contributed by atoms with Crippen LogP contribution in [0.15, 0.2) is 48.7 Å². The second-order valence-electron chi connectivity index (χ2n) is 7.95. The van der Waals surface area contributed by atoms with E-state index in [-0.39, 0.29) is 17.1 Å². The molecule has 0 radical (unpaired) electrons. The Labute approximate surface area is 167 Å². The lowest BCUT2D eigenvalue weighted by Crippen LogP contribution is -2.41. The third-order valence-electron chi connectivity index (χ3n) is 5.88. The molecule has 5 heteroatoms. The highest BCUT2D eigenvalue weighted by Crippen LogP contribution is 2.38. The van der Waals surface area contributed by atoms with E-state index in [4.69, 9.17) is 5.73 Å². The summed E-state index contributed by atoms with van der Waals surface area (Å²) in [6, 6.07) is 12.2. The van der Waals surface area contributed by atoms with Crippen molar-refractivity contribution in [1.82, 2.24) is 9.88 Å². The van der Waals surface area contributed by atoms with Crippen LogP contribution in [-0.4, -0.2) is 28.9 Å². The van der Waals surface area contributed by atoms with E-state index in [9.17, 15) is 9.18 Å². The van der Waals surface area contributed by atoms with Gasteiger partial charge in [0.25, 0.3) is 0 Å². The van der Waals surface area contributed by atoms with Gasteiger partial charge in [-0.05, 0) is 54.6 Å². The van der Waals surface area contributed by atoms with Crippen molar-refractivity contribution >= 4 is 5.91 Å². The van der Waals surface area contributed by atoms with Crippen molar-refractivity contribution in [2.75, 3.05) is 13.1 Å². The maximum absolute atomic E-state index is 13.3.